The van der Waals surface area contributed by atoms with E-state index in [0.717, 1.165) is 27.5 Å². The van der Waals surface area contributed by atoms with Crippen molar-refractivity contribution in [3.63, 3.8) is 0 Å². The molecule has 0 atom stereocenters. The maximum Gasteiger partial charge on any atom is 0.103 e. The molecule has 2 heterocycles. The standard InChI is InChI=1S/C17H14N2S/c1-11-5-3-7-14(12(11)2)17-15(9-18)16-13(10-20-17)6-4-8-19-16/h3-8H,10H2,1-2H3. The Kier molecular flexibility index (Phi) is 3.33. The highest BCUT2D eigenvalue weighted by atomic mass is 32.2. The van der Waals surface area contributed by atoms with Gasteiger partial charge in [-0.1, -0.05) is 24.3 Å². The van der Waals surface area contributed by atoms with Crippen molar-refractivity contribution in [2.45, 2.75) is 19.6 Å². The lowest BCUT2D eigenvalue weighted by Crippen LogP contribution is -2.03. The summed E-state index contributed by atoms with van der Waals surface area (Å²) in [4.78, 5) is 5.46. The molecule has 3 rings (SSSR count). The van der Waals surface area contributed by atoms with E-state index < -0.39 is 0 Å². The fourth-order valence-corrected chi connectivity index (χ4v) is 3.62. The van der Waals surface area contributed by atoms with E-state index in [1.165, 1.54) is 11.1 Å². The summed E-state index contributed by atoms with van der Waals surface area (Å²) in [5.74, 6) is 0.872. The molecule has 0 fully saturated rings. The van der Waals surface area contributed by atoms with E-state index in [0.29, 0.717) is 5.57 Å². The average molecular weight is 278 g/mol. The van der Waals surface area contributed by atoms with Crippen molar-refractivity contribution in [1.29, 1.82) is 5.26 Å². The second-order valence-electron chi connectivity index (χ2n) is 4.86. The van der Waals surface area contributed by atoms with E-state index in [2.05, 4.69) is 37.0 Å². The molecule has 3 heteroatoms. The number of nitrogens with zero attached hydrogens (tertiary/aromatic N) is 2. The predicted octanol–water partition coefficient (Wildman–Crippen LogP) is 4.34. The lowest BCUT2D eigenvalue weighted by atomic mass is 9.98. The van der Waals surface area contributed by atoms with Crippen molar-refractivity contribution >= 4 is 22.2 Å². The van der Waals surface area contributed by atoms with Crippen LogP contribution in [0.1, 0.15) is 27.9 Å². The fraction of sp³-hybridized carbons (Fsp3) is 0.176. The van der Waals surface area contributed by atoms with E-state index >= 15 is 0 Å². The number of aromatic nitrogens is 1. The molecule has 0 unspecified atom stereocenters. The van der Waals surface area contributed by atoms with Crippen molar-refractivity contribution in [3.8, 4) is 6.07 Å². The summed E-state index contributed by atoms with van der Waals surface area (Å²) in [6.07, 6.45) is 1.76. The van der Waals surface area contributed by atoms with E-state index in [-0.39, 0.29) is 0 Å². The van der Waals surface area contributed by atoms with Crippen LogP contribution in [0.5, 0.6) is 0 Å². The van der Waals surface area contributed by atoms with Crippen LogP contribution in [0.3, 0.4) is 0 Å². The molecule has 1 aliphatic rings. The zero-order valence-electron chi connectivity index (χ0n) is 11.5. The van der Waals surface area contributed by atoms with Gasteiger partial charge in [-0.3, -0.25) is 4.98 Å². The first kappa shape index (κ1) is 13.0. The molecule has 0 spiro atoms. The van der Waals surface area contributed by atoms with E-state index in [1.807, 2.05) is 18.2 Å². The summed E-state index contributed by atoms with van der Waals surface area (Å²) in [6.45, 7) is 4.21. The van der Waals surface area contributed by atoms with Crippen molar-refractivity contribution in [2.24, 2.45) is 0 Å². The predicted molar refractivity (Wildman–Crippen MR) is 83.9 cm³/mol. The highest BCUT2D eigenvalue weighted by Crippen LogP contribution is 2.43. The SMILES string of the molecule is Cc1cccc(C2=C(C#N)c3ncccc3CS2)c1C. The van der Waals surface area contributed by atoms with Crippen LogP contribution < -0.4 is 0 Å². The lowest BCUT2D eigenvalue weighted by Gasteiger charge is -2.20. The molecule has 0 saturated carbocycles. The van der Waals surface area contributed by atoms with Gasteiger partial charge >= 0.3 is 0 Å². The maximum absolute atomic E-state index is 9.57. The molecule has 0 radical (unpaired) electrons. The van der Waals surface area contributed by atoms with Crippen molar-refractivity contribution < 1.29 is 0 Å². The summed E-state index contributed by atoms with van der Waals surface area (Å²) < 4.78 is 0. The molecule has 20 heavy (non-hydrogen) atoms. The van der Waals surface area contributed by atoms with Crippen LogP contribution >= 0.6 is 11.8 Å². The highest BCUT2D eigenvalue weighted by Gasteiger charge is 2.22. The number of pyridine rings is 1. The van der Waals surface area contributed by atoms with Crippen LogP contribution in [0.2, 0.25) is 0 Å². The molecule has 1 aromatic heterocycles. The van der Waals surface area contributed by atoms with Gasteiger partial charge in [-0.25, -0.2) is 0 Å². The van der Waals surface area contributed by atoms with Gasteiger partial charge in [-0.2, -0.15) is 5.26 Å². The van der Waals surface area contributed by atoms with Gasteiger partial charge in [0.1, 0.15) is 6.07 Å². The molecule has 1 aliphatic heterocycles. The normalized spacial score (nSPS) is 13.8. The van der Waals surface area contributed by atoms with Crippen LogP contribution in [0, 0.1) is 25.2 Å². The minimum absolute atomic E-state index is 0.700. The molecular weight excluding hydrogens is 264 g/mol. The van der Waals surface area contributed by atoms with Crippen LogP contribution in [0.4, 0.5) is 0 Å². The Morgan fingerprint density at radius 2 is 2.05 bits per heavy atom. The molecule has 0 aliphatic carbocycles. The van der Waals surface area contributed by atoms with Crippen LogP contribution in [0.25, 0.3) is 10.5 Å². The molecule has 2 nitrogen and oxygen atoms in total. The Labute approximate surface area is 123 Å². The third-order valence-electron chi connectivity index (χ3n) is 3.69. The minimum Gasteiger partial charge on any atom is -0.255 e. The van der Waals surface area contributed by atoms with E-state index in [4.69, 9.17) is 0 Å². The zero-order valence-corrected chi connectivity index (χ0v) is 12.3. The Morgan fingerprint density at radius 1 is 1.20 bits per heavy atom. The van der Waals surface area contributed by atoms with Crippen molar-refractivity contribution in [1.82, 2.24) is 4.98 Å². The summed E-state index contributed by atoms with van der Waals surface area (Å²) in [7, 11) is 0. The van der Waals surface area contributed by atoms with Crippen molar-refractivity contribution in [2.75, 3.05) is 0 Å². The number of nitriles is 1. The van der Waals surface area contributed by atoms with Crippen LogP contribution in [-0.2, 0) is 5.75 Å². The summed E-state index contributed by atoms with van der Waals surface area (Å²) >= 11 is 1.73. The molecule has 98 valence electrons. The highest BCUT2D eigenvalue weighted by molar-refractivity contribution is 8.08. The Morgan fingerprint density at radius 3 is 2.85 bits per heavy atom. The Balaban J connectivity index is 2.26. The van der Waals surface area contributed by atoms with Gasteiger partial charge in [0, 0.05) is 16.9 Å². The lowest BCUT2D eigenvalue weighted by molar-refractivity contribution is 1.20. The smallest absolute Gasteiger partial charge is 0.103 e. The maximum atomic E-state index is 9.57. The minimum atomic E-state index is 0.700. The number of allylic oxidation sites excluding steroid dienone is 1. The molecule has 0 bridgehead atoms. The summed E-state index contributed by atoms with van der Waals surface area (Å²) in [5, 5.41) is 9.57. The molecule has 2 aromatic rings. The van der Waals surface area contributed by atoms with Gasteiger partial charge in [0.15, 0.2) is 0 Å². The first-order valence-electron chi connectivity index (χ1n) is 6.50. The zero-order chi connectivity index (χ0) is 14.1. The first-order chi connectivity index (χ1) is 9.72. The number of thioether (sulfide) groups is 1. The first-order valence-corrected chi connectivity index (χ1v) is 7.49. The molecular formula is C17H14N2S. The number of hydrogen-bond donors (Lipinski definition) is 0. The van der Waals surface area contributed by atoms with Crippen LogP contribution in [-0.4, -0.2) is 4.98 Å². The van der Waals surface area contributed by atoms with E-state index in [1.54, 1.807) is 18.0 Å². The number of rotatable bonds is 1. The third-order valence-corrected chi connectivity index (χ3v) is 4.86. The summed E-state index contributed by atoms with van der Waals surface area (Å²) in [5.41, 5.74) is 6.32. The van der Waals surface area contributed by atoms with Gasteiger partial charge in [0.2, 0.25) is 0 Å². The van der Waals surface area contributed by atoms with Gasteiger partial charge in [-0.05, 0) is 42.2 Å². The number of fused-ring (bicyclic) bond motifs is 1. The number of hydrogen-bond acceptors (Lipinski definition) is 3. The van der Waals surface area contributed by atoms with E-state index in [9.17, 15) is 5.26 Å². The molecule has 0 saturated heterocycles. The molecule has 0 N–H and O–H groups in total. The third kappa shape index (κ3) is 2.03. The Bertz CT molecular complexity index is 754. The fourth-order valence-electron chi connectivity index (χ4n) is 2.42. The molecule has 1 aromatic carbocycles. The van der Waals surface area contributed by atoms with Gasteiger partial charge in [-0.15, -0.1) is 11.8 Å². The Hall–Kier alpha value is -2.05. The quantitative estimate of drug-likeness (QED) is 0.778. The summed E-state index contributed by atoms with van der Waals surface area (Å²) in [6, 6.07) is 12.6. The van der Waals surface area contributed by atoms with Gasteiger partial charge in [0.05, 0.1) is 11.3 Å². The number of aryl methyl sites for hydroxylation is 1. The monoisotopic (exact) mass is 278 g/mol. The average Bonchev–Trinajstić information content (AvgIpc) is 2.49. The second-order valence-corrected chi connectivity index (χ2v) is 5.85. The van der Waals surface area contributed by atoms with Crippen LogP contribution in [0.15, 0.2) is 36.5 Å². The topological polar surface area (TPSA) is 36.7 Å². The van der Waals surface area contributed by atoms with Crippen molar-refractivity contribution in [3.05, 3.63) is 64.5 Å². The number of benzene rings is 1. The molecule has 0 amide bonds. The van der Waals surface area contributed by atoms with Gasteiger partial charge < -0.3 is 0 Å². The second kappa shape index (κ2) is 5.15. The van der Waals surface area contributed by atoms with Gasteiger partial charge in [0.25, 0.3) is 0 Å². The largest absolute Gasteiger partial charge is 0.255 e.